The van der Waals surface area contributed by atoms with Gasteiger partial charge in [-0.25, -0.2) is 10.8 Å². The summed E-state index contributed by atoms with van der Waals surface area (Å²) >= 11 is 1.67. The van der Waals surface area contributed by atoms with Crippen molar-refractivity contribution >= 4 is 33.0 Å². The van der Waals surface area contributed by atoms with Crippen LogP contribution in [0.25, 0.3) is 15.9 Å². The molecule has 4 nitrogen and oxygen atoms in total. The van der Waals surface area contributed by atoms with Gasteiger partial charge in [0.1, 0.15) is 10.3 Å². The number of hydrogen-bond donors (Lipinski definition) is 2. The van der Waals surface area contributed by atoms with Gasteiger partial charge in [0.2, 0.25) is 0 Å². The van der Waals surface area contributed by atoms with Gasteiger partial charge in [-0.2, -0.15) is 0 Å². The number of anilines is 1. The maximum absolute atomic E-state index is 5.41. The van der Waals surface area contributed by atoms with E-state index in [2.05, 4.69) is 14.8 Å². The van der Waals surface area contributed by atoms with Crippen molar-refractivity contribution in [3.8, 4) is 0 Å². The summed E-state index contributed by atoms with van der Waals surface area (Å²) in [6.45, 7) is 0. The third-order valence-corrected chi connectivity index (χ3v) is 3.11. The van der Waals surface area contributed by atoms with Gasteiger partial charge in [-0.1, -0.05) is 0 Å². The molecule has 0 spiro atoms. The Hall–Kier alpha value is -1.59. The fourth-order valence-corrected chi connectivity index (χ4v) is 2.43. The summed E-state index contributed by atoms with van der Waals surface area (Å²) in [4.78, 5) is 5.55. The highest BCUT2D eigenvalue weighted by Crippen LogP contribution is 2.25. The number of fused-ring (bicyclic) bond motifs is 3. The van der Waals surface area contributed by atoms with Crippen molar-refractivity contribution in [2.24, 2.45) is 5.84 Å². The highest BCUT2D eigenvalue weighted by atomic mass is 32.1. The second-order valence-corrected chi connectivity index (χ2v) is 3.87. The molecule has 14 heavy (non-hydrogen) atoms. The third-order valence-electron chi connectivity index (χ3n) is 2.20. The molecule has 0 amide bonds. The van der Waals surface area contributed by atoms with Crippen molar-refractivity contribution in [3.05, 3.63) is 29.8 Å². The monoisotopic (exact) mass is 204 g/mol. The van der Waals surface area contributed by atoms with Crippen LogP contribution in [0.2, 0.25) is 0 Å². The molecule has 0 aliphatic heterocycles. The molecule has 0 saturated heterocycles. The van der Waals surface area contributed by atoms with Crippen LogP contribution >= 0.6 is 11.3 Å². The van der Waals surface area contributed by atoms with Crippen molar-refractivity contribution in [3.63, 3.8) is 0 Å². The quantitative estimate of drug-likeness (QED) is 0.469. The van der Waals surface area contributed by atoms with E-state index in [4.69, 9.17) is 5.84 Å². The third kappa shape index (κ3) is 0.878. The van der Waals surface area contributed by atoms with Gasteiger partial charge in [0, 0.05) is 6.20 Å². The van der Waals surface area contributed by atoms with Crippen LogP contribution in [0.3, 0.4) is 0 Å². The summed E-state index contributed by atoms with van der Waals surface area (Å²) in [6.07, 6.45) is 2.01. The molecule has 70 valence electrons. The summed E-state index contributed by atoms with van der Waals surface area (Å²) in [5, 5.41) is 2.03. The number of nitrogens with one attached hydrogen (secondary N) is 1. The van der Waals surface area contributed by atoms with E-state index in [0.29, 0.717) is 5.82 Å². The van der Waals surface area contributed by atoms with E-state index >= 15 is 0 Å². The van der Waals surface area contributed by atoms with Gasteiger partial charge >= 0.3 is 0 Å². The summed E-state index contributed by atoms with van der Waals surface area (Å²) in [5.74, 6) is 6.12. The molecule has 0 bridgehead atoms. The molecule has 0 aromatic carbocycles. The lowest BCUT2D eigenvalue weighted by Crippen LogP contribution is -2.09. The number of nitrogen functional groups attached to an aromatic ring is 1. The zero-order valence-electron chi connectivity index (χ0n) is 7.27. The molecular formula is C9H8N4S. The average Bonchev–Trinajstić information content (AvgIpc) is 2.83. The smallest absolute Gasteiger partial charge is 0.165 e. The lowest BCUT2D eigenvalue weighted by atomic mass is 10.4. The predicted octanol–water partition coefficient (Wildman–Crippen LogP) is 1.83. The highest BCUT2D eigenvalue weighted by molar-refractivity contribution is 7.16. The normalized spacial score (nSPS) is 11.2. The molecule has 0 aliphatic carbocycles. The van der Waals surface area contributed by atoms with Crippen molar-refractivity contribution in [2.45, 2.75) is 0 Å². The Labute approximate surface area is 84.0 Å². The number of aromatic nitrogens is 2. The maximum Gasteiger partial charge on any atom is 0.165 e. The van der Waals surface area contributed by atoms with Crippen LogP contribution in [0.5, 0.6) is 0 Å². The fourth-order valence-electron chi connectivity index (χ4n) is 1.59. The first kappa shape index (κ1) is 7.78. The Bertz CT molecular complexity index is 595. The van der Waals surface area contributed by atoms with Crippen LogP contribution in [0.1, 0.15) is 0 Å². The van der Waals surface area contributed by atoms with E-state index in [0.717, 1.165) is 15.9 Å². The van der Waals surface area contributed by atoms with Crippen molar-refractivity contribution in [1.29, 1.82) is 0 Å². The molecule has 3 aromatic heterocycles. The number of rotatable bonds is 1. The molecule has 0 fully saturated rings. The Morgan fingerprint density at radius 1 is 1.43 bits per heavy atom. The lowest BCUT2D eigenvalue weighted by Gasteiger charge is -2.03. The summed E-state index contributed by atoms with van der Waals surface area (Å²) in [5.41, 5.74) is 4.58. The van der Waals surface area contributed by atoms with Gasteiger partial charge in [0.05, 0.1) is 5.52 Å². The van der Waals surface area contributed by atoms with Crippen LogP contribution in [0.15, 0.2) is 29.8 Å². The first-order chi connectivity index (χ1) is 6.90. The number of thiophene rings is 1. The molecule has 0 atom stereocenters. The van der Waals surface area contributed by atoms with Crippen molar-refractivity contribution in [1.82, 2.24) is 9.38 Å². The van der Waals surface area contributed by atoms with Gasteiger partial charge in [-0.05, 0) is 23.6 Å². The Balaban J connectivity index is 2.59. The molecular weight excluding hydrogens is 196 g/mol. The summed E-state index contributed by atoms with van der Waals surface area (Å²) in [7, 11) is 0. The first-order valence-corrected chi connectivity index (χ1v) is 5.09. The average molecular weight is 204 g/mol. The molecule has 3 N–H and O–H groups in total. The summed E-state index contributed by atoms with van der Waals surface area (Å²) < 4.78 is 2.09. The van der Waals surface area contributed by atoms with Crippen LogP contribution in [-0.4, -0.2) is 9.38 Å². The Morgan fingerprint density at radius 3 is 3.21 bits per heavy atom. The largest absolute Gasteiger partial charge is 0.307 e. The van der Waals surface area contributed by atoms with E-state index < -0.39 is 0 Å². The number of hydrogen-bond acceptors (Lipinski definition) is 4. The van der Waals surface area contributed by atoms with E-state index in [1.807, 2.05) is 29.8 Å². The second-order valence-electron chi connectivity index (χ2n) is 2.98. The van der Waals surface area contributed by atoms with E-state index in [1.165, 1.54) is 0 Å². The van der Waals surface area contributed by atoms with Crippen molar-refractivity contribution in [2.75, 3.05) is 5.43 Å². The Kier molecular flexibility index (Phi) is 1.50. The van der Waals surface area contributed by atoms with Gasteiger partial charge < -0.3 is 9.83 Å². The molecule has 5 heteroatoms. The molecule has 3 rings (SSSR count). The minimum Gasteiger partial charge on any atom is -0.307 e. The molecule has 3 aromatic rings. The van der Waals surface area contributed by atoms with Crippen LogP contribution < -0.4 is 11.3 Å². The topological polar surface area (TPSA) is 55.3 Å². The predicted molar refractivity (Wildman–Crippen MR) is 58.4 cm³/mol. The van der Waals surface area contributed by atoms with Crippen LogP contribution in [0, 0.1) is 0 Å². The number of nitrogens with zero attached hydrogens (tertiary/aromatic N) is 2. The van der Waals surface area contributed by atoms with Gasteiger partial charge in [0.15, 0.2) is 5.82 Å². The molecule has 0 aliphatic rings. The van der Waals surface area contributed by atoms with Crippen LogP contribution in [-0.2, 0) is 0 Å². The van der Waals surface area contributed by atoms with E-state index in [9.17, 15) is 0 Å². The first-order valence-electron chi connectivity index (χ1n) is 4.21. The van der Waals surface area contributed by atoms with Crippen LogP contribution in [0.4, 0.5) is 5.82 Å². The molecule has 3 heterocycles. The zero-order chi connectivity index (χ0) is 9.54. The molecule has 0 unspecified atom stereocenters. The molecule has 0 saturated carbocycles. The Morgan fingerprint density at radius 2 is 2.36 bits per heavy atom. The van der Waals surface area contributed by atoms with Gasteiger partial charge in [-0.3, -0.25) is 0 Å². The number of nitrogens with two attached hydrogens (primary N) is 1. The van der Waals surface area contributed by atoms with E-state index in [1.54, 1.807) is 11.3 Å². The number of hydrazine groups is 1. The zero-order valence-corrected chi connectivity index (χ0v) is 8.08. The minimum atomic E-state index is 0.709. The fraction of sp³-hybridized carbons (Fsp3) is 0. The maximum atomic E-state index is 5.41. The standard InChI is InChI=1S/C9H8N4S/c10-12-8-7-2-1-4-13(7)9-6(11-8)3-5-14-9/h1-5H,10H2,(H,11,12). The minimum absolute atomic E-state index is 0.709. The van der Waals surface area contributed by atoms with Gasteiger partial charge in [-0.15, -0.1) is 11.3 Å². The SMILES string of the molecule is NNc1nc2ccsc2n2cccc12. The summed E-state index contributed by atoms with van der Waals surface area (Å²) in [6, 6.07) is 5.96. The van der Waals surface area contributed by atoms with E-state index in [-0.39, 0.29) is 0 Å². The highest BCUT2D eigenvalue weighted by Gasteiger charge is 2.06. The van der Waals surface area contributed by atoms with Gasteiger partial charge in [0.25, 0.3) is 0 Å². The second kappa shape index (κ2) is 2.70. The molecule has 0 radical (unpaired) electrons. The lowest BCUT2D eigenvalue weighted by molar-refractivity contribution is 1.21. The van der Waals surface area contributed by atoms with Crippen molar-refractivity contribution < 1.29 is 0 Å².